The minimum atomic E-state index is -0.225. The van der Waals surface area contributed by atoms with Gasteiger partial charge in [0.2, 0.25) is 5.91 Å². The zero-order valence-electron chi connectivity index (χ0n) is 22.4. The third-order valence-corrected chi connectivity index (χ3v) is 7.64. The molecular formula is C28H33Cl2N5O4. The minimum absolute atomic E-state index is 0.0407. The molecule has 2 aromatic heterocycles. The molecule has 1 aromatic carbocycles. The number of benzene rings is 1. The number of nitrogens with zero attached hydrogens (tertiary/aromatic N) is 4. The zero-order valence-corrected chi connectivity index (χ0v) is 23.9. The zero-order chi connectivity index (χ0) is 28.1. The maximum Gasteiger partial charge on any atom is 0.259 e. The summed E-state index contributed by atoms with van der Waals surface area (Å²) in [5.74, 6) is 1.36. The maximum absolute atomic E-state index is 14.0. The minimum Gasteiger partial charge on any atom is -0.495 e. The summed E-state index contributed by atoms with van der Waals surface area (Å²) >= 11 is 13.4. The molecule has 0 spiro atoms. The van der Waals surface area contributed by atoms with Gasteiger partial charge in [-0.2, -0.15) is 0 Å². The molecule has 0 saturated carbocycles. The van der Waals surface area contributed by atoms with Gasteiger partial charge in [-0.25, -0.2) is 4.98 Å². The van der Waals surface area contributed by atoms with Crippen LogP contribution in [-0.2, 0) is 11.3 Å². The number of pyridine rings is 2. The number of aromatic nitrogens is 2. The summed E-state index contributed by atoms with van der Waals surface area (Å²) in [4.78, 5) is 34.5. The number of fused-ring (bicyclic) bond motifs is 1. The fourth-order valence-electron chi connectivity index (χ4n) is 4.85. The van der Waals surface area contributed by atoms with Crippen LogP contribution in [0.2, 0.25) is 10.0 Å². The smallest absolute Gasteiger partial charge is 0.259 e. The first-order valence-corrected chi connectivity index (χ1v) is 13.6. The molecule has 11 heteroatoms. The second kappa shape index (κ2) is 12.7. The monoisotopic (exact) mass is 573 g/mol. The highest BCUT2D eigenvalue weighted by molar-refractivity contribution is 6.41. The van der Waals surface area contributed by atoms with Gasteiger partial charge in [-0.1, -0.05) is 29.8 Å². The van der Waals surface area contributed by atoms with Gasteiger partial charge in [0.1, 0.15) is 17.3 Å². The third kappa shape index (κ3) is 6.00. The third-order valence-electron chi connectivity index (χ3n) is 6.89. The van der Waals surface area contributed by atoms with Gasteiger partial charge in [-0.15, -0.1) is 0 Å². The highest BCUT2D eigenvalue weighted by Gasteiger charge is 2.23. The molecule has 9 nitrogen and oxygen atoms in total. The van der Waals surface area contributed by atoms with Crippen LogP contribution in [0.5, 0.6) is 11.5 Å². The number of anilines is 1. The number of hydrogen-bond acceptors (Lipinski definition) is 7. The average molecular weight is 575 g/mol. The number of methoxy groups -OCH3 is 2. The predicted octanol–water partition coefficient (Wildman–Crippen LogP) is 4.54. The topological polar surface area (TPSA) is 88.9 Å². The van der Waals surface area contributed by atoms with E-state index in [-0.39, 0.29) is 21.5 Å². The van der Waals surface area contributed by atoms with Gasteiger partial charge in [0, 0.05) is 68.5 Å². The molecule has 1 amide bonds. The summed E-state index contributed by atoms with van der Waals surface area (Å²) < 4.78 is 12.6. The molecule has 1 fully saturated rings. The maximum atomic E-state index is 14.0. The van der Waals surface area contributed by atoms with Crippen molar-refractivity contribution in [2.75, 3.05) is 58.8 Å². The highest BCUT2D eigenvalue weighted by atomic mass is 35.5. The molecule has 1 saturated heterocycles. The lowest BCUT2D eigenvalue weighted by Crippen LogP contribution is -2.48. The molecule has 208 valence electrons. The van der Waals surface area contributed by atoms with Crippen molar-refractivity contribution in [2.24, 2.45) is 0 Å². The van der Waals surface area contributed by atoms with Crippen LogP contribution in [0.3, 0.4) is 0 Å². The molecule has 4 rings (SSSR count). The summed E-state index contributed by atoms with van der Waals surface area (Å²) in [5, 5.41) is 4.46. The fraction of sp³-hybridized carbons (Fsp3) is 0.393. The van der Waals surface area contributed by atoms with Crippen LogP contribution in [0.25, 0.3) is 22.0 Å². The quantitative estimate of drug-likeness (QED) is 0.356. The molecule has 3 heterocycles. The summed E-state index contributed by atoms with van der Waals surface area (Å²) in [5.41, 5.74) is 1.23. The number of amides is 1. The van der Waals surface area contributed by atoms with Crippen molar-refractivity contribution in [1.29, 1.82) is 0 Å². The number of ether oxygens (including phenoxy) is 2. The molecule has 3 aromatic rings. The van der Waals surface area contributed by atoms with Crippen LogP contribution < -0.4 is 20.3 Å². The van der Waals surface area contributed by atoms with E-state index < -0.39 is 0 Å². The van der Waals surface area contributed by atoms with Gasteiger partial charge in [0.25, 0.3) is 5.56 Å². The van der Waals surface area contributed by atoms with Gasteiger partial charge >= 0.3 is 0 Å². The Kier molecular flexibility index (Phi) is 9.37. The Bertz CT molecular complexity index is 1410. The van der Waals surface area contributed by atoms with Crippen LogP contribution in [-0.4, -0.2) is 78.7 Å². The van der Waals surface area contributed by atoms with E-state index in [1.807, 2.05) is 13.0 Å². The second-order valence-corrected chi connectivity index (χ2v) is 9.94. The van der Waals surface area contributed by atoms with Crippen LogP contribution in [0, 0.1) is 0 Å². The summed E-state index contributed by atoms with van der Waals surface area (Å²) in [6.45, 7) is 10.4. The van der Waals surface area contributed by atoms with Crippen LogP contribution in [0.1, 0.15) is 13.3 Å². The molecule has 0 radical (unpaired) electrons. The van der Waals surface area contributed by atoms with Gasteiger partial charge < -0.3 is 24.3 Å². The van der Waals surface area contributed by atoms with Crippen molar-refractivity contribution in [3.8, 4) is 22.6 Å². The van der Waals surface area contributed by atoms with E-state index >= 15 is 0 Å². The summed E-state index contributed by atoms with van der Waals surface area (Å²) in [6.07, 6.45) is 3.82. The number of nitrogens with one attached hydrogen (secondary N) is 1. The lowest BCUT2D eigenvalue weighted by atomic mass is 10.0. The normalized spacial score (nSPS) is 13.9. The number of aryl methyl sites for hydroxylation is 1. The Hall–Kier alpha value is -3.27. The Morgan fingerprint density at radius 3 is 2.33 bits per heavy atom. The molecule has 1 aliphatic rings. The van der Waals surface area contributed by atoms with E-state index in [1.165, 1.54) is 20.3 Å². The van der Waals surface area contributed by atoms with E-state index in [4.69, 9.17) is 32.7 Å². The number of hydrogen-bond donors (Lipinski definition) is 1. The number of halogens is 2. The average Bonchev–Trinajstić information content (AvgIpc) is 2.95. The first-order chi connectivity index (χ1) is 18.8. The van der Waals surface area contributed by atoms with E-state index in [2.05, 4.69) is 21.8 Å². The van der Waals surface area contributed by atoms with Crippen molar-refractivity contribution in [3.63, 3.8) is 0 Å². The van der Waals surface area contributed by atoms with Crippen molar-refractivity contribution in [3.05, 3.63) is 57.4 Å². The number of carbonyl (C=O) groups is 1. The van der Waals surface area contributed by atoms with Gasteiger partial charge in [-0.05, 0) is 32.0 Å². The van der Waals surface area contributed by atoms with Crippen molar-refractivity contribution >= 4 is 45.8 Å². The molecule has 39 heavy (non-hydrogen) atoms. The van der Waals surface area contributed by atoms with Gasteiger partial charge in [-0.3, -0.25) is 14.5 Å². The number of carbonyl (C=O) groups excluding carboxylic acids is 1. The Morgan fingerprint density at radius 2 is 1.74 bits per heavy atom. The Morgan fingerprint density at radius 1 is 1.08 bits per heavy atom. The Labute approximate surface area is 237 Å². The summed E-state index contributed by atoms with van der Waals surface area (Å²) in [7, 11) is 2.99. The van der Waals surface area contributed by atoms with E-state index in [0.29, 0.717) is 54.6 Å². The standard InChI is InChI=1S/C28H33Cl2N5O4/c1-5-24(36)34-12-10-33(11-13-34)8-7-9-35-20-15-23(31-6-2)32-17-18(20)14-19(28(35)37)25-26(29)21(38-3)16-22(39-4)27(25)30/h5,14-17H,1,6-13H2,2-4H3,(H,31,32). The lowest BCUT2D eigenvalue weighted by Gasteiger charge is -2.34. The SMILES string of the molecule is C=CC(=O)N1CCN(CCCn2c(=O)c(-c3c(Cl)c(OC)cc(OC)c3Cl)cc3cnc(NCC)cc32)CC1. The van der Waals surface area contributed by atoms with Crippen LogP contribution in [0.15, 0.2) is 41.8 Å². The van der Waals surface area contributed by atoms with Crippen LogP contribution >= 0.6 is 23.2 Å². The van der Waals surface area contributed by atoms with Crippen molar-refractivity contribution < 1.29 is 14.3 Å². The van der Waals surface area contributed by atoms with E-state index in [9.17, 15) is 9.59 Å². The predicted molar refractivity (Wildman–Crippen MR) is 157 cm³/mol. The second-order valence-electron chi connectivity index (χ2n) is 9.18. The fourth-order valence-corrected chi connectivity index (χ4v) is 5.55. The lowest BCUT2D eigenvalue weighted by molar-refractivity contribution is -0.127. The number of piperazine rings is 1. The summed E-state index contributed by atoms with van der Waals surface area (Å²) in [6, 6.07) is 5.25. The van der Waals surface area contributed by atoms with Crippen molar-refractivity contribution in [2.45, 2.75) is 19.9 Å². The van der Waals surface area contributed by atoms with E-state index in [0.717, 1.165) is 37.0 Å². The molecule has 0 atom stereocenters. The molecule has 1 aliphatic heterocycles. The largest absolute Gasteiger partial charge is 0.495 e. The van der Waals surface area contributed by atoms with Crippen LogP contribution in [0.4, 0.5) is 5.82 Å². The number of rotatable bonds is 10. The molecule has 0 aliphatic carbocycles. The highest BCUT2D eigenvalue weighted by Crippen LogP contribution is 2.45. The van der Waals surface area contributed by atoms with Gasteiger partial charge in [0.05, 0.1) is 35.3 Å². The van der Waals surface area contributed by atoms with Crippen molar-refractivity contribution in [1.82, 2.24) is 19.4 Å². The molecular weight excluding hydrogens is 541 g/mol. The molecule has 0 bridgehead atoms. The Balaban J connectivity index is 1.71. The first kappa shape index (κ1) is 28.7. The first-order valence-electron chi connectivity index (χ1n) is 12.8. The molecule has 1 N–H and O–H groups in total. The van der Waals surface area contributed by atoms with Gasteiger partial charge in [0.15, 0.2) is 0 Å². The van der Waals surface area contributed by atoms with E-state index in [1.54, 1.807) is 27.8 Å². The molecule has 0 unspecified atom stereocenters.